The third-order valence-corrected chi connectivity index (χ3v) is 6.76. The number of allylic oxidation sites excluding steroid dienone is 8. The van der Waals surface area contributed by atoms with Crippen LogP contribution in [0.4, 0.5) is 5.69 Å². The number of nitrogens with one attached hydrogen (secondary N) is 2. The molecule has 1 aliphatic rings. The molecule has 0 spiro atoms. The van der Waals surface area contributed by atoms with Crippen molar-refractivity contribution in [2.45, 2.75) is 33.1 Å². The molecule has 193 valence electrons. The first-order valence-corrected chi connectivity index (χ1v) is 13.9. The number of benzene rings is 2. The van der Waals surface area contributed by atoms with E-state index in [9.17, 15) is 0 Å². The summed E-state index contributed by atoms with van der Waals surface area (Å²) in [5, 5.41) is 6.97. The maximum Gasteiger partial charge on any atom is 0.191 e. The lowest BCUT2D eigenvalue weighted by Crippen LogP contribution is -2.28. The second kappa shape index (κ2) is 14.6. The number of rotatable bonds is 11. The summed E-state index contributed by atoms with van der Waals surface area (Å²) in [6, 6.07) is 18.7. The molecule has 2 N–H and O–H groups in total. The fraction of sp³-hybridized carbons (Fsp3) is 0.182. The van der Waals surface area contributed by atoms with E-state index >= 15 is 0 Å². The molecule has 1 radical (unpaired) electrons. The van der Waals surface area contributed by atoms with Crippen LogP contribution < -0.4 is 16.1 Å². The average Bonchev–Trinajstić information content (AvgIpc) is 2.91. The summed E-state index contributed by atoms with van der Waals surface area (Å²) in [5.41, 5.74) is 10.8. The molecule has 0 atom stereocenters. The van der Waals surface area contributed by atoms with Crippen LogP contribution in [0.3, 0.4) is 0 Å². The first kappa shape index (κ1) is 29.3. The van der Waals surface area contributed by atoms with Gasteiger partial charge < -0.3 is 10.6 Å². The van der Waals surface area contributed by atoms with E-state index in [2.05, 4.69) is 118 Å². The van der Waals surface area contributed by atoms with Gasteiger partial charge in [-0.2, -0.15) is 12.6 Å². The quantitative estimate of drug-likeness (QED) is 0.118. The molecule has 0 aliphatic heterocycles. The van der Waals surface area contributed by atoms with Gasteiger partial charge in [0, 0.05) is 17.1 Å². The summed E-state index contributed by atoms with van der Waals surface area (Å²) in [4.78, 5) is 0. The highest BCUT2D eigenvalue weighted by atomic mass is 32.1. The Labute approximate surface area is 240 Å². The van der Waals surface area contributed by atoms with E-state index in [0.717, 1.165) is 47.0 Å². The number of thiol groups is 1. The number of anilines is 1. The van der Waals surface area contributed by atoms with Gasteiger partial charge in [0.05, 0.1) is 0 Å². The molecule has 0 fully saturated rings. The van der Waals surface area contributed by atoms with Crippen molar-refractivity contribution in [2.75, 3.05) is 11.1 Å². The first-order valence-electron chi connectivity index (χ1n) is 12.8. The molecular weight excluding hydrogens is 499 g/mol. The molecular formula is C33H36BN2S2. The van der Waals surface area contributed by atoms with Crippen LogP contribution in [-0.2, 0) is 0 Å². The molecule has 0 bridgehead atoms. The Bertz CT molecular complexity index is 1330. The van der Waals surface area contributed by atoms with Gasteiger partial charge in [-0.05, 0) is 78.9 Å². The van der Waals surface area contributed by atoms with Crippen molar-refractivity contribution >= 4 is 54.0 Å². The molecule has 5 heteroatoms. The standard InChI is InChI=1S/C33H36BN2S2/c1-6-26(23(2)3)21-30(19-20-37)25(5)35-33(38)36-32-14-10-13-31(22-32)34-24(4)27-15-17-29(18-16-27)28-11-8-7-9-12-28/h7-15,17,19,21-22,37H,2,4-6,16,18,20H2,1,3H3,(H2,35,36,38)/b26-21-,30-19+. The summed E-state index contributed by atoms with van der Waals surface area (Å²) >= 11 is 9.95. The van der Waals surface area contributed by atoms with Gasteiger partial charge in [-0.1, -0.05) is 103 Å². The second-order valence-corrected chi connectivity index (χ2v) is 10.0. The van der Waals surface area contributed by atoms with E-state index < -0.39 is 0 Å². The molecule has 0 aromatic heterocycles. The molecule has 38 heavy (non-hydrogen) atoms. The van der Waals surface area contributed by atoms with Crippen molar-refractivity contribution in [3.05, 3.63) is 138 Å². The average molecular weight is 536 g/mol. The zero-order chi connectivity index (χ0) is 27.5. The summed E-state index contributed by atoms with van der Waals surface area (Å²) < 4.78 is 0. The van der Waals surface area contributed by atoms with Gasteiger partial charge in [-0.25, -0.2) is 0 Å². The van der Waals surface area contributed by atoms with Crippen molar-refractivity contribution in [2.24, 2.45) is 0 Å². The van der Waals surface area contributed by atoms with Crippen LogP contribution in [0.15, 0.2) is 132 Å². The summed E-state index contributed by atoms with van der Waals surface area (Å²) in [6.45, 7) is 16.7. The zero-order valence-corrected chi connectivity index (χ0v) is 24.1. The van der Waals surface area contributed by atoms with Crippen LogP contribution >= 0.6 is 24.8 Å². The van der Waals surface area contributed by atoms with Crippen molar-refractivity contribution in [1.82, 2.24) is 5.32 Å². The Kier molecular flexibility index (Phi) is 11.3. The molecule has 0 amide bonds. The molecule has 2 nitrogen and oxygen atoms in total. The third kappa shape index (κ3) is 8.64. The number of thiocarbonyl (C=S) groups is 1. The van der Waals surface area contributed by atoms with Gasteiger partial charge in [-0.15, -0.1) is 6.58 Å². The fourth-order valence-corrected chi connectivity index (χ4v) is 4.69. The summed E-state index contributed by atoms with van der Waals surface area (Å²) in [7, 11) is 2.12. The number of hydrogen-bond donors (Lipinski definition) is 3. The molecule has 0 heterocycles. The van der Waals surface area contributed by atoms with Crippen molar-refractivity contribution in [3.8, 4) is 0 Å². The minimum atomic E-state index is 0.478. The molecule has 2 aromatic carbocycles. The van der Waals surface area contributed by atoms with Gasteiger partial charge in [0.1, 0.15) is 0 Å². The topological polar surface area (TPSA) is 24.1 Å². The SMILES string of the molecule is C=C([B]c1cccc(NC(=S)NC(=C)C(/C=C(/CC)C(=C)C)=C/CS)c1)C1=CC=C(c2ccccc2)CC1. The van der Waals surface area contributed by atoms with Crippen LogP contribution in [-0.4, -0.2) is 18.1 Å². The van der Waals surface area contributed by atoms with Crippen LogP contribution in [0.1, 0.15) is 38.7 Å². The van der Waals surface area contributed by atoms with Crippen LogP contribution in [0.5, 0.6) is 0 Å². The number of hydrogen-bond acceptors (Lipinski definition) is 2. The molecule has 0 saturated heterocycles. The lowest BCUT2D eigenvalue weighted by Gasteiger charge is -2.17. The largest absolute Gasteiger partial charge is 0.333 e. The van der Waals surface area contributed by atoms with E-state index in [1.807, 2.05) is 25.1 Å². The Morgan fingerprint density at radius 2 is 1.82 bits per heavy atom. The molecule has 0 saturated carbocycles. The highest BCUT2D eigenvalue weighted by Gasteiger charge is 2.12. The van der Waals surface area contributed by atoms with E-state index in [4.69, 9.17) is 12.2 Å². The van der Waals surface area contributed by atoms with Gasteiger partial charge in [0.2, 0.25) is 0 Å². The lowest BCUT2D eigenvalue weighted by molar-refractivity contribution is 1.00. The van der Waals surface area contributed by atoms with Gasteiger partial charge in [-0.3, -0.25) is 0 Å². The Hall–Kier alpha value is -3.28. The molecule has 3 rings (SSSR count). The molecule has 2 aromatic rings. The monoisotopic (exact) mass is 535 g/mol. The van der Waals surface area contributed by atoms with Crippen LogP contribution in [0.25, 0.3) is 5.57 Å². The zero-order valence-electron chi connectivity index (χ0n) is 22.4. The summed E-state index contributed by atoms with van der Waals surface area (Å²) in [5.74, 6) is 0.599. The summed E-state index contributed by atoms with van der Waals surface area (Å²) in [6.07, 6.45) is 11.4. The van der Waals surface area contributed by atoms with Crippen molar-refractivity contribution < 1.29 is 0 Å². The van der Waals surface area contributed by atoms with Gasteiger partial charge in [0.25, 0.3) is 0 Å². The highest BCUT2D eigenvalue weighted by molar-refractivity contribution is 7.80. The predicted octanol–water partition coefficient (Wildman–Crippen LogP) is 7.90. The maximum atomic E-state index is 5.58. The van der Waals surface area contributed by atoms with Crippen LogP contribution in [0, 0.1) is 0 Å². The second-order valence-electron chi connectivity index (χ2n) is 9.25. The maximum absolute atomic E-state index is 5.58. The minimum Gasteiger partial charge on any atom is -0.333 e. The Morgan fingerprint density at radius 1 is 1.05 bits per heavy atom. The normalized spacial score (nSPS) is 13.7. The predicted molar refractivity (Wildman–Crippen MR) is 176 cm³/mol. The molecule has 0 unspecified atom stereocenters. The van der Waals surface area contributed by atoms with E-state index in [1.54, 1.807) is 0 Å². The lowest BCUT2D eigenvalue weighted by atomic mass is 9.60. The van der Waals surface area contributed by atoms with E-state index in [-0.39, 0.29) is 0 Å². The van der Waals surface area contributed by atoms with Crippen molar-refractivity contribution in [3.63, 3.8) is 0 Å². The fourth-order valence-electron chi connectivity index (χ4n) is 4.25. The van der Waals surface area contributed by atoms with Gasteiger partial charge in [0.15, 0.2) is 12.4 Å². The minimum absolute atomic E-state index is 0.478. The van der Waals surface area contributed by atoms with Crippen LogP contribution in [0.2, 0.25) is 0 Å². The first-order chi connectivity index (χ1) is 18.3. The van der Waals surface area contributed by atoms with Crippen molar-refractivity contribution in [1.29, 1.82) is 0 Å². The van der Waals surface area contributed by atoms with Gasteiger partial charge >= 0.3 is 0 Å². The third-order valence-electron chi connectivity index (χ3n) is 6.37. The molecule has 1 aliphatic carbocycles. The Balaban J connectivity index is 1.62. The highest BCUT2D eigenvalue weighted by Crippen LogP contribution is 2.29. The Morgan fingerprint density at radius 3 is 2.45 bits per heavy atom. The van der Waals surface area contributed by atoms with E-state index in [0.29, 0.717) is 16.6 Å². The smallest absolute Gasteiger partial charge is 0.191 e. The van der Waals surface area contributed by atoms with E-state index in [1.165, 1.54) is 22.3 Å².